The summed E-state index contributed by atoms with van der Waals surface area (Å²) < 4.78 is 81.7. The number of piperidine rings is 2. The highest BCUT2D eigenvalue weighted by molar-refractivity contribution is 7.92. The van der Waals surface area contributed by atoms with Crippen molar-refractivity contribution in [3.63, 3.8) is 0 Å². The van der Waals surface area contributed by atoms with Crippen molar-refractivity contribution in [2.45, 2.75) is 56.9 Å². The first kappa shape index (κ1) is 38.3. The second kappa shape index (κ2) is 15.9. The number of hydrogen-bond donors (Lipinski definition) is 4. The number of rotatable bonds is 12. The van der Waals surface area contributed by atoms with Crippen molar-refractivity contribution >= 4 is 50.8 Å². The third-order valence-electron chi connectivity index (χ3n) is 9.32. The van der Waals surface area contributed by atoms with Crippen molar-refractivity contribution in [2.24, 2.45) is 0 Å². The Kier molecular flexibility index (Phi) is 11.3. The number of benzene rings is 2. The molecular weight excluding hydrogens is 733 g/mol. The van der Waals surface area contributed by atoms with E-state index < -0.39 is 45.2 Å². The van der Waals surface area contributed by atoms with E-state index in [4.69, 9.17) is 0 Å². The monoisotopic (exact) mass is 770 g/mol. The zero-order chi connectivity index (χ0) is 38.6. The van der Waals surface area contributed by atoms with Crippen molar-refractivity contribution in [3.8, 4) is 0 Å². The van der Waals surface area contributed by atoms with E-state index >= 15 is 4.39 Å². The zero-order valence-electron chi connectivity index (χ0n) is 29.3. The molecular formula is C35H38F4N10O4S. The first-order valence-electron chi connectivity index (χ1n) is 17.0. The summed E-state index contributed by atoms with van der Waals surface area (Å²) in [5.74, 6) is -2.33. The Hall–Kier alpha value is -5.43. The van der Waals surface area contributed by atoms with Crippen LogP contribution in [-0.2, 0) is 38.9 Å². The summed E-state index contributed by atoms with van der Waals surface area (Å²) in [6, 6.07) is 12.3. The number of aromatic nitrogens is 4. The number of carbonyl (C=O) groups excluding carboxylic acids is 2. The highest BCUT2D eigenvalue weighted by Crippen LogP contribution is 2.35. The molecule has 4 heterocycles. The van der Waals surface area contributed by atoms with Crippen molar-refractivity contribution in [3.05, 3.63) is 89.3 Å². The molecule has 14 nitrogen and oxygen atoms in total. The van der Waals surface area contributed by atoms with Crippen LogP contribution in [0.4, 0.5) is 46.5 Å². The number of carbonyl (C=O) groups is 2. The predicted molar refractivity (Wildman–Crippen MR) is 193 cm³/mol. The van der Waals surface area contributed by atoms with Crippen LogP contribution >= 0.6 is 0 Å². The van der Waals surface area contributed by atoms with Crippen LogP contribution in [0.3, 0.4) is 0 Å². The number of nitrogens with one attached hydrogen (secondary N) is 4. The summed E-state index contributed by atoms with van der Waals surface area (Å²) >= 11 is 0. The Morgan fingerprint density at radius 3 is 2.37 bits per heavy atom. The largest absolute Gasteiger partial charge is 0.421 e. The molecule has 2 fully saturated rings. The van der Waals surface area contributed by atoms with Gasteiger partial charge in [-0.2, -0.15) is 18.2 Å². The number of anilines is 5. The molecule has 286 valence electrons. The minimum atomic E-state index is -4.78. The molecule has 0 spiro atoms. The summed E-state index contributed by atoms with van der Waals surface area (Å²) in [6.07, 6.45) is 1.57. The molecule has 2 aliphatic heterocycles. The molecule has 0 saturated carbocycles. The summed E-state index contributed by atoms with van der Waals surface area (Å²) in [4.78, 5) is 41.7. The van der Waals surface area contributed by atoms with E-state index in [9.17, 15) is 31.2 Å². The molecule has 4 N–H and O–H groups in total. The molecule has 2 amide bonds. The Balaban J connectivity index is 1.02. The van der Waals surface area contributed by atoms with Gasteiger partial charge in [0.15, 0.2) is 5.82 Å². The van der Waals surface area contributed by atoms with E-state index in [-0.39, 0.29) is 42.4 Å². The second-order valence-electron chi connectivity index (χ2n) is 13.0. The molecule has 0 bridgehead atoms. The van der Waals surface area contributed by atoms with E-state index in [0.717, 1.165) is 29.0 Å². The van der Waals surface area contributed by atoms with Gasteiger partial charge in [-0.15, -0.1) is 0 Å². The van der Waals surface area contributed by atoms with Gasteiger partial charge in [0.05, 0.1) is 24.4 Å². The molecule has 2 aromatic heterocycles. The first-order chi connectivity index (χ1) is 25.7. The Morgan fingerprint density at radius 1 is 0.981 bits per heavy atom. The van der Waals surface area contributed by atoms with E-state index in [1.807, 2.05) is 17.0 Å². The molecule has 19 heteroatoms. The lowest BCUT2D eigenvalue weighted by Gasteiger charge is -2.34. The maximum Gasteiger partial charge on any atom is 0.421 e. The molecule has 4 aromatic rings. The van der Waals surface area contributed by atoms with Crippen LogP contribution in [-0.4, -0.2) is 72.6 Å². The highest BCUT2D eigenvalue weighted by Gasteiger charge is 2.35. The zero-order valence-corrected chi connectivity index (χ0v) is 30.1. The fourth-order valence-electron chi connectivity index (χ4n) is 6.29. The third-order valence-corrected chi connectivity index (χ3v) is 10.5. The normalized spacial score (nSPS) is 16.9. The molecule has 2 aliphatic rings. The minimum absolute atomic E-state index is 0.0421. The fraction of sp³-hybridized carbons (Fsp3) is 0.371. The summed E-state index contributed by atoms with van der Waals surface area (Å²) in [7, 11) is -2.45. The van der Waals surface area contributed by atoms with Crippen molar-refractivity contribution in [1.29, 1.82) is 0 Å². The minimum Gasteiger partial charge on any atom is -0.369 e. The van der Waals surface area contributed by atoms with Crippen LogP contribution in [0, 0.1) is 5.82 Å². The lowest BCUT2D eigenvalue weighted by molar-refractivity contribution is -0.137. The smallest absolute Gasteiger partial charge is 0.369 e. The number of halogens is 4. The average Bonchev–Trinajstić information content (AvgIpc) is 3.13. The van der Waals surface area contributed by atoms with Crippen LogP contribution in [0.1, 0.15) is 54.0 Å². The van der Waals surface area contributed by atoms with Gasteiger partial charge < -0.3 is 20.9 Å². The topological polar surface area (TPSA) is 174 Å². The van der Waals surface area contributed by atoms with Gasteiger partial charge in [0.2, 0.25) is 27.8 Å². The molecule has 2 aromatic carbocycles. The molecule has 0 radical (unpaired) electrons. The number of nitrogens with zero attached hydrogens (tertiary/aromatic N) is 6. The molecule has 54 heavy (non-hydrogen) atoms. The second-order valence-corrected chi connectivity index (χ2v) is 15.1. The fourth-order valence-corrected chi connectivity index (χ4v) is 6.75. The van der Waals surface area contributed by atoms with Gasteiger partial charge in [-0.3, -0.25) is 24.2 Å². The number of alkyl halides is 3. The van der Waals surface area contributed by atoms with Crippen LogP contribution < -0.4 is 30.5 Å². The predicted octanol–water partition coefficient (Wildman–Crippen LogP) is 4.45. The van der Waals surface area contributed by atoms with E-state index in [1.165, 1.54) is 25.5 Å². The number of hydrogen-bond acceptors (Lipinski definition) is 12. The van der Waals surface area contributed by atoms with Crippen LogP contribution in [0.5, 0.6) is 0 Å². The first-order valence-corrected chi connectivity index (χ1v) is 18.9. The van der Waals surface area contributed by atoms with Crippen LogP contribution in [0.15, 0.2) is 61.1 Å². The van der Waals surface area contributed by atoms with Gasteiger partial charge in [0.1, 0.15) is 22.9 Å². The standard InChI is InChI=1S/C35H38F4N10O4S/c1-48(54(2,52)53)32-28(40-13-14-41-32)20-43-31-26(35(37,38)39)19-44-34(47-31)45-24-6-3-21(4-7-24)18-42-23-11-15-49(16-12-23)29-9-5-22(17-27(29)36)25-8-10-30(50)46-33(25)51/h3-7,9,13-14,17,19,23,25,42H,8,10-12,15-16,18,20H2,1-2H3,(H,46,50,51)(H2,43,44,45,47). The average molecular weight is 771 g/mol. The lowest BCUT2D eigenvalue weighted by Crippen LogP contribution is -2.42. The van der Waals surface area contributed by atoms with Crippen molar-refractivity contribution in [2.75, 3.05) is 46.2 Å². The van der Waals surface area contributed by atoms with Gasteiger partial charge >= 0.3 is 6.18 Å². The number of sulfonamides is 1. The maximum atomic E-state index is 15.1. The summed E-state index contributed by atoms with van der Waals surface area (Å²) in [5.41, 5.74) is 1.51. The molecule has 6 rings (SSSR count). The van der Waals surface area contributed by atoms with Crippen LogP contribution in [0.25, 0.3) is 0 Å². The Bertz CT molecular complexity index is 2110. The van der Waals surface area contributed by atoms with Crippen molar-refractivity contribution in [1.82, 2.24) is 30.6 Å². The van der Waals surface area contributed by atoms with Gasteiger partial charge in [-0.1, -0.05) is 18.2 Å². The maximum absolute atomic E-state index is 15.1. The molecule has 1 unspecified atom stereocenters. The number of amides is 2. The number of imide groups is 1. The molecule has 1 atom stereocenters. The molecule has 2 saturated heterocycles. The summed E-state index contributed by atoms with van der Waals surface area (Å²) in [5, 5.41) is 11.4. The van der Waals surface area contributed by atoms with E-state index in [1.54, 1.807) is 24.3 Å². The SMILES string of the molecule is CN(c1nccnc1CNc1nc(Nc2ccc(CNC3CCN(c4ccc(C5CCC(=O)NC5=O)cc4F)CC3)cc2)ncc1C(F)(F)F)S(C)(=O)=O. The Labute approximate surface area is 308 Å². The van der Waals surface area contributed by atoms with Gasteiger partial charge in [-0.25, -0.2) is 22.8 Å². The van der Waals surface area contributed by atoms with E-state index in [2.05, 4.69) is 41.2 Å². The van der Waals surface area contributed by atoms with Gasteiger partial charge in [-0.05, 0) is 54.7 Å². The highest BCUT2D eigenvalue weighted by atomic mass is 32.2. The third kappa shape index (κ3) is 9.19. The van der Waals surface area contributed by atoms with E-state index in [0.29, 0.717) is 49.2 Å². The Morgan fingerprint density at radius 2 is 1.70 bits per heavy atom. The molecule has 0 aliphatic carbocycles. The van der Waals surface area contributed by atoms with Crippen LogP contribution in [0.2, 0.25) is 0 Å². The van der Waals surface area contributed by atoms with Gasteiger partial charge in [0.25, 0.3) is 0 Å². The lowest BCUT2D eigenvalue weighted by atomic mass is 9.90. The van der Waals surface area contributed by atoms with Crippen molar-refractivity contribution < 1.29 is 35.6 Å². The van der Waals surface area contributed by atoms with Gasteiger partial charge in [0, 0.05) is 63.4 Å². The summed E-state index contributed by atoms with van der Waals surface area (Å²) in [6.45, 7) is 1.52. The quantitative estimate of drug-likeness (QED) is 0.118.